The smallest absolute Gasteiger partial charge is 0.387 e. The maximum Gasteiger partial charge on any atom is 0.387 e. The summed E-state index contributed by atoms with van der Waals surface area (Å²) in [6, 6.07) is 11.7. The summed E-state index contributed by atoms with van der Waals surface area (Å²) in [4.78, 5) is 12.4. The van der Waals surface area contributed by atoms with E-state index < -0.39 is 12.5 Å². The summed E-state index contributed by atoms with van der Waals surface area (Å²) in [6.45, 7) is -1.25. The van der Waals surface area contributed by atoms with Gasteiger partial charge < -0.3 is 19.5 Å². The lowest BCUT2D eigenvalue weighted by molar-refractivity contribution is -0.112. The number of hydrogen-bond acceptors (Lipinski definition) is 5. The van der Waals surface area contributed by atoms with Crippen molar-refractivity contribution in [3.05, 3.63) is 53.1 Å². The first-order valence-electron chi connectivity index (χ1n) is 8.09. The molecule has 1 amide bonds. The normalized spacial score (nSPS) is 11.0. The fraction of sp³-hybridized carbons (Fsp3) is 0.200. The van der Waals surface area contributed by atoms with Crippen molar-refractivity contribution in [2.24, 2.45) is 0 Å². The van der Waals surface area contributed by atoms with E-state index in [1.54, 1.807) is 12.1 Å². The Morgan fingerprint density at radius 3 is 2.29 bits per heavy atom. The van der Waals surface area contributed by atoms with Gasteiger partial charge in [0.25, 0.3) is 5.91 Å². The van der Waals surface area contributed by atoms with E-state index in [2.05, 4.69) is 10.1 Å². The van der Waals surface area contributed by atoms with Crippen molar-refractivity contribution < 1.29 is 27.8 Å². The Morgan fingerprint density at radius 1 is 1.18 bits per heavy atom. The number of rotatable bonds is 7. The maximum absolute atomic E-state index is 12.6. The van der Waals surface area contributed by atoms with E-state index in [9.17, 15) is 18.8 Å². The third kappa shape index (κ3) is 4.98. The molecule has 0 saturated heterocycles. The summed E-state index contributed by atoms with van der Waals surface area (Å²) in [5.74, 6) is -0.937. The van der Waals surface area contributed by atoms with Crippen molar-refractivity contribution in [2.75, 3.05) is 19.5 Å². The summed E-state index contributed by atoms with van der Waals surface area (Å²) in [7, 11) is 2.55. The molecule has 0 aliphatic heterocycles. The van der Waals surface area contributed by atoms with Crippen LogP contribution in [0.2, 0.25) is 0 Å². The molecule has 0 atom stereocenters. The molecule has 2 aromatic carbocycles. The average Bonchev–Trinajstić information content (AvgIpc) is 2.67. The van der Waals surface area contributed by atoms with Crippen LogP contribution in [0.4, 0.5) is 14.5 Å². The average molecular weight is 388 g/mol. The van der Waals surface area contributed by atoms with Crippen molar-refractivity contribution in [3.8, 4) is 23.3 Å². The fourth-order valence-corrected chi connectivity index (χ4v) is 2.41. The molecule has 0 saturated carbocycles. The number of nitrogens with one attached hydrogen (secondary N) is 1. The molecule has 0 bridgehead atoms. The largest absolute Gasteiger partial charge is 0.493 e. The van der Waals surface area contributed by atoms with Crippen LogP contribution in [0, 0.1) is 18.3 Å². The van der Waals surface area contributed by atoms with Gasteiger partial charge in [-0.05, 0) is 42.3 Å². The number of halogens is 2. The van der Waals surface area contributed by atoms with Crippen LogP contribution in [0.25, 0.3) is 6.08 Å². The van der Waals surface area contributed by atoms with Gasteiger partial charge in [0.2, 0.25) is 5.75 Å². The SMILES string of the molecule is COc1cc(/C=C(\C#N)C(=O)Nc2ccccc2C)cc(OC)c1OC(F)F. The molecule has 2 rings (SSSR count). The Morgan fingerprint density at radius 2 is 1.79 bits per heavy atom. The zero-order valence-electron chi connectivity index (χ0n) is 15.5. The van der Waals surface area contributed by atoms with Gasteiger partial charge in [-0.15, -0.1) is 0 Å². The molecule has 0 spiro atoms. The third-order valence-corrected chi connectivity index (χ3v) is 3.76. The van der Waals surface area contributed by atoms with E-state index >= 15 is 0 Å². The predicted molar refractivity (Wildman–Crippen MR) is 99.6 cm³/mol. The molecule has 2 aromatic rings. The number of nitriles is 1. The number of alkyl halides is 2. The fourth-order valence-electron chi connectivity index (χ4n) is 2.41. The van der Waals surface area contributed by atoms with Gasteiger partial charge >= 0.3 is 6.61 Å². The zero-order valence-corrected chi connectivity index (χ0v) is 15.5. The number of aryl methyl sites for hydroxylation is 1. The van der Waals surface area contributed by atoms with Crippen LogP contribution in [-0.2, 0) is 4.79 Å². The molecule has 0 heterocycles. The summed E-state index contributed by atoms with van der Waals surface area (Å²) >= 11 is 0. The molecular formula is C20H18F2N2O4. The van der Waals surface area contributed by atoms with Crippen LogP contribution < -0.4 is 19.5 Å². The molecule has 1 N–H and O–H groups in total. The molecule has 146 valence electrons. The summed E-state index contributed by atoms with van der Waals surface area (Å²) in [5, 5.41) is 12.0. The number of nitrogens with zero attached hydrogens (tertiary/aromatic N) is 1. The molecule has 0 aromatic heterocycles. The van der Waals surface area contributed by atoms with Crippen LogP contribution in [-0.4, -0.2) is 26.7 Å². The van der Waals surface area contributed by atoms with Gasteiger partial charge in [0, 0.05) is 5.69 Å². The first kappa shape index (κ1) is 20.7. The number of amides is 1. The molecule has 0 aliphatic rings. The Bertz CT molecular complexity index is 911. The number of hydrogen-bond donors (Lipinski definition) is 1. The number of anilines is 1. The maximum atomic E-state index is 12.6. The van der Waals surface area contributed by atoms with Crippen molar-refractivity contribution in [2.45, 2.75) is 13.5 Å². The van der Waals surface area contributed by atoms with Gasteiger partial charge in [-0.2, -0.15) is 14.0 Å². The van der Waals surface area contributed by atoms with Gasteiger partial charge in [0.1, 0.15) is 11.6 Å². The zero-order chi connectivity index (χ0) is 20.7. The van der Waals surface area contributed by atoms with Crippen LogP contribution >= 0.6 is 0 Å². The van der Waals surface area contributed by atoms with Crippen molar-refractivity contribution >= 4 is 17.7 Å². The molecule has 0 unspecified atom stereocenters. The second-order valence-corrected chi connectivity index (χ2v) is 5.57. The minimum Gasteiger partial charge on any atom is -0.493 e. The van der Waals surface area contributed by atoms with Crippen molar-refractivity contribution in [1.29, 1.82) is 5.26 Å². The number of carbonyl (C=O) groups excluding carboxylic acids is 1. The third-order valence-electron chi connectivity index (χ3n) is 3.76. The van der Waals surface area contributed by atoms with E-state index in [1.165, 1.54) is 32.4 Å². The van der Waals surface area contributed by atoms with Gasteiger partial charge in [0.05, 0.1) is 14.2 Å². The van der Waals surface area contributed by atoms with Crippen LogP contribution in [0.3, 0.4) is 0 Å². The van der Waals surface area contributed by atoms with E-state index in [4.69, 9.17) is 9.47 Å². The molecule has 0 radical (unpaired) electrons. The lowest BCUT2D eigenvalue weighted by Gasteiger charge is -2.14. The number of methoxy groups -OCH3 is 2. The molecule has 28 heavy (non-hydrogen) atoms. The van der Waals surface area contributed by atoms with Gasteiger partial charge in [-0.1, -0.05) is 18.2 Å². The topological polar surface area (TPSA) is 80.6 Å². The second-order valence-electron chi connectivity index (χ2n) is 5.57. The molecule has 6 nitrogen and oxygen atoms in total. The molecule has 0 fully saturated rings. The summed E-state index contributed by atoms with van der Waals surface area (Å²) in [6.07, 6.45) is 1.30. The van der Waals surface area contributed by atoms with Crippen LogP contribution in [0.15, 0.2) is 42.0 Å². The van der Waals surface area contributed by atoms with E-state index in [1.807, 2.05) is 25.1 Å². The highest BCUT2D eigenvalue weighted by Crippen LogP contribution is 2.40. The quantitative estimate of drug-likeness (QED) is 0.569. The second kappa shape index (κ2) is 9.37. The highest BCUT2D eigenvalue weighted by Gasteiger charge is 2.19. The predicted octanol–water partition coefficient (Wildman–Crippen LogP) is 4.16. The summed E-state index contributed by atoms with van der Waals surface area (Å²) in [5.41, 5.74) is 1.57. The molecule has 0 aliphatic carbocycles. The minimum absolute atomic E-state index is 0.0255. The Hall–Kier alpha value is -3.60. The van der Waals surface area contributed by atoms with Crippen LogP contribution in [0.5, 0.6) is 17.2 Å². The van der Waals surface area contributed by atoms with E-state index in [0.717, 1.165) is 5.56 Å². The lowest BCUT2D eigenvalue weighted by atomic mass is 10.1. The van der Waals surface area contributed by atoms with Gasteiger partial charge in [0.15, 0.2) is 11.5 Å². The molecular weight excluding hydrogens is 370 g/mol. The van der Waals surface area contributed by atoms with Crippen molar-refractivity contribution in [1.82, 2.24) is 0 Å². The van der Waals surface area contributed by atoms with Gasteiger partial charge in [-0.25, -0.2) is 0 Å². The Balaban J connectivity index is 2.39. The van der Waals surface area contributed by atoms with Crippen LogP contribution in [0.1, 0.15) is 11.1 Å². The highest BCUT2D eigenvalue weighted by molar-refractivity contribution is 6.10. The van der Waals surface area contributed by atoms with E-state index in [-0.39, 0.29) is 22.8 Å². The first-order chi connectivity index (χ1) is 13.4. The highest BCUT2D eigenvalue weighted by atomic mass is 19.3. The number of para-hydroxylation sites is 1. The first-order valence-corrected chi connectivity index (χ1v) is 8.09. The lowest BCUT2D eigenvalue weighted by Crippen LogP contribution is -2.14. The van der Waals surface area contributed by atoms with E-state index in [0.29, 0.717) is 11.3 Å². The number of carbonyl (C=O) groups is 1. The standard InChI is InChI=1S/C20H18F2N2O4/c1-12-6-4-5-7-15(12)24-19(25)14(11-23)8-13-9-16(26-2)18(28-20(21)22)17(10-13)27-3/h4-10,20H,1-3H3,(H,24,25)/b14-8+. The number of ether oxygens (including phenoxy) is 3. The Kier molecular flexibility index (Phi) is 6.93. The Labute approximate surface area is 160 Å². The monoisotopic (exact) mass is 388 g/mol. The summed E-state index contributed by atoms with van der Waals surface area (Å²) < 4.78 is 39.8. The molecule has 8 heteroatoms. The van der Waals surface area contributed by atoms with Gasteiger partial charge in [-0.3, -0.25) is 4.79 Å². The minimum atomic E-state index is -3.07. The number of benzene rings is 2. The van der Waals surface area contributed by atoms with Crippen molar-refractivity contribution in [3.63, 3.8) is 0 Å².